The number of nitrogens with one attached hydrogen (secondary N) is 1. The summed E-state index contributed by atoms with van der Waals surface area (Å²) in [5, 5.41) is 3.59. The van der Waals surface area contributed by atoms with E-state index in [4.69, 9.17) is 4.74 Å². The molecule has 98 valence electrons. The van der Waals surface area contributed by atoms with Crippen LogP contribution < -0.4 is 10.1 Å². The zero-order valence-corrected chi connectivity index (χ0v) is 10.9. The van der Waals surface area contributed by atoms with Crippen LogP contribution in [0.25, 0.3) is 0 Å². The van der Waals surface area contributed by atoms with Crippen molar-refractivity contribution < 1.29 is 4.74 Å². The van der Waals surface area contributed by atoms with E-state index < -0.39 is 0 Å². The normalized spacial score (nSPS) is 27.2. The molecule has 2 atom stereocenters. The second-order valence-corrected chi connectivity index (χ2v) is 5.07. The van der Waals surface area contributed by atoms with E-state index in [0.29, 0.717) is 18.7 Å². The first-order valence-corrected chi connectivity index (χ1v) is 6.97. The van der Waals surface area contributed by atoms with Gasteiger partial charge in [-0.3, -0.25) is 4.90 Å². The lowest BCUT2D eigenvalue weighted by Crippen LogP contribution is -2.34. The molecule has 18 heavy (non-hydrogen) atoms. The average molecular weight is 247 g/mol. The highest BCUT2D eigenvalue weighted by atomic mass is 16.5. The number of pyridine rings is 1. The van der Waals surface area contributed by atoms with Crippen LogP contribution in [0, 0.1) is 0 Å². The molecule has 0 saturated carbocycles. The van der Waals surface area contributed by atoms with Gasteiger partial charge in [-0.15, -0.1) is 0 Å². The van der Waals surface area contributed by atoms with Crippen LogP contribution in [0.3, 0.4) is 0 Å². The molecule has 4 nitrogen and oxygen atoms in total. The fourth-order valence-corrected chi connectivity index (χ4v) is 3.20. The molecule has 0 radical (unpaired) electrons. The Labute approximate surface area is 108 Å². The van der Waals surface area contributed by atoms with Gasteiger partial charge >= 0.3 is 0 Å². The van der Waals surface area contributed by atoms with Crippen LogP contribution >= 0.6 is 0 Å². The summed E-state index contributed by atoms with van der Waals surface area (Å²) in [5.41, 5.74) is 0. The largest absolute Gasteiger partial charge is 0.490 e. The van der Waals surface area contributed by atoms with Gasteiger partial charge in [0.25, 0.3) is 0 Å². The average Bonchev–Trinajstić information content (AvgIpc) is 2.97. The molecule has 2 aliphatic rings. The van der Waals surface area contributed by atoms with Gasteiger partial charge < -0.3 is 10.1 Å². The summed E-state index contributed by atoms with van der Waals surface area (Å²) in [5.74, 6) is 1.77. The third-order valence-electron chi connectivity index (χ3n) is 4.00. The lowest BCUT2D eigenvalue weighted by Gasteiger charge is -2.22. The zero-order valence-electron chi connectivity index (χ0n) is 10.9. The van der Waals surface area contributed by atoms with E-state index in [0.717, 1.165) is 11.6 Å². The molecule has 0 spiro atoms. The van der Waals surface area contributed by atoms with Gasteiger partial charge in [0, 0.05) is 24.8 Å². The molecule has 2 aliphatic heterocycles. The van der Waals surface area contributed by atoms with Gasteiger partial charge in [0.05, 0.1) is 6.61 Å². The Balaban J connectivity index is 1.72. The summed E-state index contributed by atoms with van der Waals surface area (Å²) in [6, 6.07) is 5.13. The van der Waals surface area contributed by atoms with Gasteiger partial charge in [0.2, 0.25) is 0 Å². The Kier molecular flexibility index (Phi) is 3.37. The monoisotopic (exact) mass is 247 g/mol. The molecule has 2 unspecified atom stereocenters. The Morgan fingerprint density at radius 2 is 2.39 bits per heavy atom. The van der Waals surface area contributed by atoms with Crippen LogP contribution in [0.2, 0.25) is 0 Å². The topological polar surface area (TPSA) is 37.4 Å². The van der Waals surface area contributed by atoms with Crippen molar-refractivity contribution in [2.45, 2.75) is 38.3 Å². The minimum atomic E-state index is 0.529. The Morgan fingerprint density at radius 1 is 1.44 bits per heavy atom. The number of rotatable bonds is 4. The lowest BCUT2D eigenvalue weighted by molar-refractivity contribution is 0.317. The molecule has 0 bridgehead atoms. The molecule has 2 saturated heterocycles. The van der Waals surface area contributed by atoms with E-state index in [1.54, 1.807) is 0 Å². The molecule has 3 rings (SSSR count). The van der Waals surface area contributed by atoms with E-state index in [1.807, 2.05) is 25.3 Å². The molecule has 1 N–H and O–H groups in total. The Bertz CT molecular complexity index is 410. The second-order valence-electron chi connectivity index (χ2n) is 5.07. The van der Waals surface area contributed by atoms with E-state index in [2.05, 4.69) is 15.2 Å². The van der Waals surface area contributed by atoms with Crippen molar-refractivity contribution in [1.29, 1.82) is 0 Å². The van der Waals surface area contributed by atoms with Crippen LogP contribution in [0.1, 0.15) is 26.2 Å². The number of anilines is 1. The van der Waals surface area contributed by atoms with E-state index in [-0.39, 0.29) is 0 Å². The third-order valence-corrected chi connectivity index (χ3v) is 4.00. The maximum Gasteiger partial charge on any atom is 0.169 e. The first kappa shape index (κ1) is 11.8. The highest BCUT2D eigenvalue weighted by molar-refractivity contribution is 5.50. The first-order valence-electron chi connectivity index (χ1n) is 6.97. The van der Waals surface area contributed by atoms with E-state index >= 15 is 0 Å². The van der Waals surface area contributed by atoms with Gasteiger partial charge in [-0.05, 0) is 44.9 Å². The number of nitrogens with zero attached hydrogens (tertiary/aromatic N) is 2. The minimum Gasteiger partial charge on any atom is -0.490 e. The fraction of sp³-hybridized carbons (Fsp3) is 0.643. The van der Waals surface area contributed by atoms with Gasteiger partial charge in [-0.2, -0.15) is 0 Å². The van der Waals surface area contributed by atoms with E-state index in [1.165, 1.54) is 32.4 Å². The summed E-state index contributed by atoms with van der Waals surface area (Å²) in [6.07, 6.45) is 5.69. The second kappa shape index (κ2) is 5.14. The van der Waals surface area contributed by atoms with Gasteiger partial charge in [0.15, 0.2) is 11.6 Å². The summed E-state index contributed by atoms with van der Waals surface area (Å²) in [4.78, 5) is 7.02. The Morgan fingerprint density at radius 3 is 3.28 bits per heavy atom. The number of aromatic nitrogens is 1. The standard InChI is InChI=1S/C14H21N3O/c1-2-18-13-6-3-8-15-14(13)16-11-7-10-17-9-4-5-12(11)17/h3,6,8,11-12H,2,4-5,7,9-10H2,1H3,(H,15,16). The van der Waals surface area contributed by atoms with Crippen LogP contribution in [-0.4, -0.2) is 41.7 Å². The Hall–Kier alpha value is -1.29. The van der Waals surface area contributed by atoms with Gasteiger partial charge in [0.1, 0.15) is 0 Å². The zero-order chi connectivity index (χ0) is 12.4. The molecular formula is C14H21N3O. The predicted octanol–water partition coefficient (Wildman–Crippen LogP) is 2.13. The van der Waals surface area contributed by atoms with Crippen molar-refractivity contribution in [3.05, 3.63) is 18.3 Å². The molecule has 0 amide bonds. The number of hydrogen-bond donors (Lipinski definition) is 1. The summed E-state index contributed by atoms with van der Waals surface area (Å²) in [6.45, 7) is 5.17. The summed E-state index contributed by atoms with van der Waals surface area (Å²) >= 11 is 0. The fourth-order valence-electron chi connectivity index (χ4n) is 3.20. The molecule has 3 heterocycles. The van der Waals surface area contributed by atoms with Crippen molar-refractivity contribution in [2.24, 2.45) is 0 Å². The molecule has 1 aromatic heterocycles. The summed E-state index contributed by atoms with van der Waals surface area (Å²) < 4.78 is 5.62. The smallest absolute Gasteiger partial charge is 0.169 e. The molecule has 4 heteroatoms. The van der Waals surface area contributed by atoms with Crippen molar-refractivity contribution in [3.63, 3.8) is 0 Å². The maximum atomic E-state index is 5.62. The van der Waals surface area contributed by atoms with Gasteiger partial charge in [-0.1, -0.05) is 0 Å². The minimum absolute atomic E-state index is 0.529. The van der Waals surface area contributed by atoms with Crippen LogP contribution in [-0.2, 0) is 0 Å². The number of fused-ring (bicyclic) bond motifs is 1. The van der Waals surface area contributed by atoms with Crippen molar-refractivity contribution in [3.8, 4) is 5.75 Å². The van der Waals surface area contributed by atoms with Crippen molar-refractivity contribution in [2.75, 3.05) is 25.0 Å². The predicted molar refractivity (Wildman–Crippen MR) is 72.0 cm³/mol. The van der Waals surface area contributed by atoms with Crippen LogP contribution in [0.4, 0.5) is 5.82 Å². The quantitative estimate of drug-likeness (QED) is 0.884. The van der Waals surface area contributed by atoms with Crippen LogP contribution in [0.5, 0.6) is 5.75 Å². The molecule has 0 aromatic carbocycles. The molecule has 2 fully saturated rings. The van der Waals surface area contributed by atoms with Crippen molar-refractivity contribution >= 4 is 5.82 Å². The maximum absolute atomic E-state index is 5.62. The SMILES string of the molecule is CCOc1cccnc1NC1CCN2CCCC12. The van der Waals surface area contributed by atoms with Crippen molar-refractivity contribution in [1.82, 2.24) is 9.88 Å². The van der Waals surface area contributed by atoms with Gasteiger partial charge in [-0.25, -0.2) is 4.98 Å². The van der Waals surface area contributed by atoms with E-state index in [9.17, 15) is 0 Å². The lowest BCUT2D eigenvalue weighted by atomic mass is 10.1. The van der Waals surface area contributed by atoms with Crippen LogP contribution in [0.15, 0.2) is 18.3 Å². The third kappa shape index (κ3) is 2.17. The molecule has 1 aromatic rings. The first-order chi connectivity index (χ1) is 8.88. The number of ether oxygens (including phenoxy) is 1. The number of hydrogen-bond acceptors (Lipinski definition) is 4. The highest BCUT2D eigenvalue weighted by Crippen LogP contribution is 2.31. The summed E-state index contributed by atoms with van der Waals surface area (Å²) in [7, 11) is 0. The molecule has 0 aliphatic carbocycles. The highest BCUT2D eigenvalue weighted by Gasteiger charge is 2.37. The molecular weight excluding hydrogens is 226 g/mol.